The Labute approximate surface area is 133 Å². The fraction of sp³-hybridized carbons (Fsp3) is 0.357. The van der Waals surface area contributed by atoms with E-state index in [0.717, 1.165) is 4.47 Å². The molecule has 4 N–H and O–H groups in total. The van der Waals surface area contributed by atoms with Crippen LogP contribution >= 0.6 is 15.9 Å². The molecular weight excluding hydrogens is 356 g/mol. The van der Waals surface area contributed by atoms with Gasteiger partial charge >= 0.3 is 5.97 Å². The molecule has 2 amide bonds. The molecule has 0 radical (unpaired) electrons. The molecule has 3 rings (SSSR count). The number of carbonyl (C=O) groups excluding carboxylic acids is 2. The number of amides is 2. The van der Waals surface area contributed by atoms with Gasteiger partial charge in [-0.3, -0.25) is 25.0 Å². The number of halogens is 1. The average Bonchev–Trinajstić information content (AvgIpc) is 2.98. The van der Waals surface area contributed by atoms with Gasteiger partial charge in [0.05, 0.1) is 18.4 Å². The summed E-state index contributed by atoms with van der Waals surface area (Å²) in [6, 6.07) is 6.35. The third-order valence-corrected chi connectivity index (χ3v) is 4.88. The van der Waals surface area contributed by atoms with Crippen molar-refractivity contribution in [3.05, 3.63) is 34.3 Å². The Kier molecular flexibility index (Phi) is 3.54. The summed E-state index contributed by atoms with van der Waals surface area (Å²) < 4.78 is 0.837. The van der Waals surface area contributed by atoms with Gasteiger partial charge in [-0.25, -0.2) is 0 Å². The van der Waals surface area contributed by atoms with Crippen LogP contribution in [-0.4, -0.2) is 40.1 Å². The van der Waals surface area contributed by atoms with Crippen molar-refractivity contribution in [3.63, 3.8) is 0 Å². The van der Waals surface area contributed by atoms with Crippen LogP contribution < -0.4 is 10.6 Å². The lowest BCUT2D eigenvalue weighted by atomic mass is 9.80. The molecule has 0 saturated carbocycles. The van der Waals surface area contributed by atoms with Gasteiger partial charge in [0.15, 0.2) is 5.54 Å². The van der Waals surface area contributed by atoms with E-state index in [0.29, 0.717) is 5.56 Å². The highest BCUT2D eigenvalue weighted by molar-refractivity contribution is 9.10. The maximum absolute atomic E-state index is 12.1. The van der Waals surface area contributed by atoms with Crippen molar-refractivity contribution in [1.29, 1.82) is 0 Å². The highest BCUT2D eigenvalue weighted by atomic mass is 79.9. The van der Waals surface area contributed by atoms with Crippen molar-refractivity contribution >= 4 is 33.7 Å². The molecule has 1 aromatic carbocycles. The first kappa shape index (κ1) is 15.1. The predicted molar refractivity (Wildman–Crippen MR) is 77.6 cm³/mol. The molecule has 7 nitrogen and oxygen atoms in total. The predicted octanol–water partition coefficient (Wildman–Crippen LogP) is -0.202. The van der Waals surface area contributed by atoms with Gasteiger partial charge in [-0.15, -0.1) is 0 Å². The van der Waals surface area contributed by atoms with E-state index in [2.05, 4.69) is 26.6 Å². The van der Waals surface area contributed by atoms with Crippen molar-refractivity contribution in [2.45, 2.75) is 11.6 Å². The quantitative estimate of drug-likeness (QED) is 0.549. The molecule has 22 heavy (non-hydrogen) atoms. The maximum atomic E-state index is 12.1. The molecule has 4 unspecified atom stereocenters. The number of rotatable bonds is 3. The van der Waals surface area contributed by atoms with Crippen molar-refractivity contribution in [3.8, 4) is 0 Å². The van der Waals surface area contributed by atoms with Gasteiger partial charge < -0.3 is 10.2 Å². The summed E-state index contributed by atoms with van der Waals surface area (Å²) in [5.41, 5.74) is -1.18. The van der Waals surface area contributed by atoms with Crippen molar-refractivity contribution < 1.29 is 24.6 Å². The number of carboxylic acid groups (broad SMARTS) is 1. The number of fused-ring (bicyclic) bond motifs is 1. The van der Waals surface area contributed by atoms with Crippen LogP contribution in [0.1, 0.15) is 11.6 Å². The van der Waals surface area contributed by atoms with Gasteiger partial charge in [-0.05, 0) is 17.7 Å². The third-order valence-electron chi connectivity index (χ3n) is 4.35. The lowest BCUT2D eigenvalue weighted by molar-refractivity contribution is -0.151. The summed E-state index contributed by atoms with van der Waals surface area (Å²) in [4.78, 5) is 35.8. The standard InChI is InChI=1S/C14H13BrN2O5/c15-7-3-1-6(2-4-7)10-8-9(12(20)16-11(8)19)14(5-18,17-10)13(21)22/h1-4,8-10,17-18H,5H2,(H,21,22)(H,16,19,20). The summed E-state index contributed by atoms with van der Waals surface area (Å²) >= 11 is 3.30. The molecule has 0 aliphatic carbocycles. The number of aliphatic hydroxyl groups is 1. The van der Waals surface area contributed by atoms with Crippen molar-refractivity contribution in [2.24, 2.45) is 11.8 Å². The molecule has 2 aliphatic heterocycles. The number of benzene rings is 1. The molecule has 2 heterocycles. The van der Waals surface area contributed by atoms with Gasteiger partial charge in [0, 0.05) is 10.5 Å². The Bertz CT molecular complexity index is 662. The minimum atomic E-state index is -1.86. The lowest BCUT2D eigenvalue weighted by Crippen LogP contribution is -2.58. The smallest absolute Gasteiger partial charge is 0.327 e. The number of aliphatic hydroxyl groups excluding tert-OH is 1. The summed E-state index contributed by atoms with van der Waals surface area (Å²) in [5.74, 6) is -4.55. The van der Waals surface area contributed by atoms with Crippen LogP contribution in [0.4, 0.5) is 0 Å². The van der Waals surface area contributed by atoms with Gasteiger partial charge in [0.2, 0.25) is 11.8 Å². The second kappa shape index (κ2) is 5.15. The second-order valence-corrected chi connectivity index (χ2v) is 6.38. The van der Waals surface area contributed by atoms with E-state index in [4.69, 9.17) is 0 Å². The molecule has 2 aliphatic rings. The first-order valence-corrected chi connectivity index (χ1v) is 7.42. The highest BCUT2D eigenvalue weighted by Crippen LogP contribution is 2.46. The summed E-state index contributed by atoms with van der Waals surface area (Å²) in [7, 11) is 0. The topological polar surface area (TPSA) is 116 Å². The Hall–Kier alpha value is -1.77. The van der Waals surface area contributed by atoms with Crippen LogP contribution in [0.3, 0.4) is 0 Å². The van der Waals surface area contributed by atoms with E-state index < -0.39 is 47.8 Å². The fourth-order valence-electron chi connectivity index (χ4n) is 3.30. The summed E-state index contributed by atoms with van der Waals surface area (Å²) in [5, 5.41) is 24.1. The van der Waals surface area contributed by atoms with Gasteiger partial charge in [-0.2, -0.15) is 0 Å². The number of nitrogens with one attached hydrogen (secondary N) is 2. The number of carbonyl (C=O) groups is 3. The van der Waals surface area contributed by atoms with Gasteiger partial charge in [0.1, 0.15) is 0 Å². The normalized spacial score (nSPS) is 33.6. The van der Waals surface area contributed by atoms with Gasteiger partial charge in [0.25, 0.3) is 0 Å². The Morgan fingerprint density at radius 3 is 2.41 bits per heavy atom. The number of carboxylic acids is 1. The van der Waals surface area contributed by atoms with E-state index in [9.17, 15) is 24.6 Å². The SMILES string of the molecule is O=C1NC(=O)C2C1C(c1ccc(Br)cc1)NC2(CO)C(=O)O. The van der Waals surface area contributed by atoms with E-state index in [1.54, 1.807) is 24.3 Å². The summed E-state index contributed by atoms with van der Waals surface area (Å²) in [6.45, 7) is -0.781. The zero-order chi connectivity index (χ0) is 16.1. The molecule has 2 fully saturated rings. The molecule has 0 bridgehead atoms. The highest BCUT2D eigenvalue weighted by Gasteiger charge is 2.66. The maximum Gasteiger partial charge on any atom is 0.327 e. The average molecular weight is 369 g/mol. The molecular formula is C14H13BrN2O5. The molecule has 0 spiro atoms. The van der Waals surface area contributed by atoms with E-state index in [-0.39, 0.29) is 0 Å². The minimum absolute atomic E-state index is 0.521. The molecule has 2 saturated heterocycles. The molecule has 4 atom stereocenters. The van der Waals surface area contributed by atoms with E-state index in [1.165, 1.54) is 0 Å². The van der Waals surface area contributed by atoms with Gasteiger partial charge in [-0.1, -0.05) is 28.1 Å². The molecule has 0 aromatic heterocycles. The minimum Gasteiger partial charge on any atom is -0.480 e. The molecule has 116 valence electrons. The number of imide groups is 1. The largest absolute Gasteiger partial charge is 0.480 e. The first-order valence-electron chi connectivity index (χ1n) is 6.63. The van der Waals surface area contributed by atoms with Crippen molar-refractivity contribution in [1.82, 2.24) is 10.6 Å². The Balaban J connectivity index is 2.09. The van der Waals surface area contributed by atoms with E-state index >= 15 is 0 Å². The van der Waals surface area contributed by atoms with Crippen LogP contribution in [0.15, 0.2) is 28.7 Å². The molecule has 8 heteroatoms. The lowest BCUT2D eigenvalue weighted by Gasteiger charge is -2.27. The number of hydrogen-bond acceptors (Lipinski definition) is 5. The number of hydrogen-bond donors (Lipinski definition) is 4. The van der Waals surface area contributed by atoms with E-state index in [1.807, 2.05) is 0 Å². The molecule has 1 aromatic rings. The Morgan fingerprint density at radius 1 is 1.23 bits per heavy atom. The third kappa shape index (κ3) is 1.98. The zero-order valence-corrected chi connectivity index (χ0v) is 12.8. The Morgan fingerprint density at radius 2 is 1.86 bits per heavy atom. The van der Waals surface area contributed by atoms with Crippen molar-refractivity contribution in [2.75, 3.05) is 6.61 Å². The van der Waals surface area contributed by atoms with Crippen LogP contribution in [0, 0.1) is 11.8 Å². The monoisotopic (exact) mass is 368 g/mol. The summed E-state index contributed by atoms with van der Waals surface area (Å²) in [6.07, 6.45) is 0. The second-order valence-electron chi connectivity index (χ2n) is 5.47. The zero-order valence-electron chi connectivity index (χ0n) is 11.2. The fourth-order valence-corrected chi connectivity index (χ4v) is 3.56. The van der Waals surface area contributed by atoms with Crippen LogP contribution in [0.5, 0.6) is 0 Å². The van der Waals surface area contributed by atoms with Crippen LogP contribution in [0.25, 0.3) is 0 Å². The number of aliphatic carboxylic acids is 1. The van der Waals surface area contributed by atoms with Crippen LogP contribution in [-0.2, 0) is 14.4 Å². The van der Waals surface area contributed by atoms with Crippen LogP contribution in [0.2, 0.25) is 0 Å². The first-order chi connectivity index (χ1) is 10.4.